The fourth-order valence-electron chi connectivity index (χ4n) is 4.19. The minimum Gasteiger partial charge on any atom is -0.464 e. The van der Waals surface area contributed by atoms with Gasteiger partial charge in [-0.25, -0.2) is 14.1 Å². The quantitative estimate of drug-likeness (QED) is 0.647. The zero-order chi connectivity index (χ0) is 19.9. The standard InChI is InChI=1S/C21H19FN2O4/c1-2-28-20(27)21(13-8-10-14(22)11-9-13)17-16(12-23-21)18(25)24(19(17)26)15-6-4-3-5-7-15/h3-11,16-17,23H,2,12H2,1H3/t16?,17?,21-/m1/s1. The number of halogens is 1. The van der Waals surface area contributed by atoms with Gasteiger partial charge >= 0.3 is 5.97 Å². The molecule has 2 aliphatic rings. The Labute approximate surface area is 161 Å². The zero-order valence-electron chi connectivity index (χ0n) is 15.2. The molecule has 3 atom stereocenters. The normalized spacial score (nSPS) is 26.4. The van der Waals surface area contributed by atoms with Crippen molar-refractivity contribution in [2.45, 2.75) is 12.5 Å². The van der Waals surface area contributed by atoms with Crippen molar-refractivity contribution in [3.63, 3.8) is 0 Å². The van der Waals surface area contributed by atoms with Crippen molar-refractivity contribution >= 4 is 23.5 Å². The lowest BCUT2D eigenvalue weighted by molar-refractivity contribution is -0.155. The van der Waals surface area contributed by atoms with Crippen LogP contribution in [0.4, 0.5) is 10.1 Å². The summed E-state index contributed by atoms with van der Waals surface area (Å²) in [5.74, 6) is -3.61. The molecule has 144 valence electrons. The lowest BCUT2D eigenvalue weighted by atomic mass is 9.76. The second kappa shape index (κ2) is 6.83. The summed E-state index contributed by atoms with van der Waals surface area (Å²) in [5.41, 5.74) is -0.676. The van der Waals surface area contributed by atoms with Crippen molar-refractivity contribution in [2.24, 2.45) is 11.8 Å². The Hall–Kier alpha value is -3.06. The van der Waals surface area contributed by atoms with Gasteiger partial charge in [0.2, 0.25) is 11.8 Å². The Morgan fingerprint density at radius 3 is 2.46 bits per heavy atom. The molecule has 1 N–H and O–H groups in total. The van der Waals surface area contributed by atoms with Gasteiger partial charge < -0.3 is 4.74 Å². The number of anilines is 1. The number of hydrogen-bond donors (Lipinski definition) is 1. The molecule has 2 fully saturated rings. The number of hydrogen-bond acceptors (Lipinski definition) is 5. The summed E-state index contributed by atoms with van der Waals surface area (Å²) in [4.78, 5) is 40.5. The zero-order valence-corrected chi connectivity index (χ0v) is 15.2. The van der Waals surface area contributed by atoms with Gasteiger partial charge in [0.25, 0.3) is 0 Å². The molecule has 2 heterocycles. The van der Waals surface area contributed by atoms with Crippen molar-refractivity contribution in [3.8, 4) is 0 Å². The highest BCUT2D eigenvalue weighted by molar-refractivity contribution is 6.24. The van der Waals surface area contributed by atoms with Crippen LogP contribution >= 0.6 is 0 Å². The predicted molar refractivity (Wildman–Crippen MR) is 98.6 cm³/mol. The van der Waals surface area contributed by atoms with E-state index >= 15 is 0 Å². The first-order valence-corrected chi connectivity index (χ1v) is 9.12. The Morgan fingerprint density at radius 2 is 1.82 bits per heavy atom. The van der Waals surface area contributed by atoms with E-state index in [1.165, 1.54) is 24.3 Å². The fourth-order valence-corrected chi connectivity index (χ4v) is 4.19. The average molecular weight is 382 g/mol. The highest BCUT2D eigenvalue weighted by Gasteiger charge is 2.66. The first-order chi connectivity index (χ1) is 13.5. The van der Waals surface area contributed by atoms with Gasteiger partial charge in [-0.3, -0.25) is 14.9 Å². The molecule has 28 heavy (non-hydrogen) atoms. The van der Waals surface area contributed by atoms with Crippen LogP contribution in [0.1, 0.15) is 12.5 Å². The molecule has 4 rings (SSSR count). The molecule has 2 unspecified atom stereocenters. The minimum atomic E-state index is -1.54. The summed E-state index contributed by atoms with van der Waals surface area (Å²) in [6.45, 7) is 1.93. The molecule has 0 aliphatic carbocycles. The van der Waals surface area contributed by atoms with Crippen LogP contribution in [-0.2, 0) is 24.7 Å². The molecule has 2 aliphatic heterocycles. The van der Waals surface area contributed by atoms with E-state index in [0.717, 1.165) is 4.90 Å². The van der Waals surface area contributed by atoms with Gasteiger partial charge in [-0.05, 0) is 36.8 Å². The number of esters is 1. The molecule has 6 nitrogen and oxygen atoms in total. The molecule has 0 aromatic heterocycles. The van der Waals surface area contributed by atoms with Gasteiger partial charge in [0, 0.05) is 6.54 Å². The number of ether oxygens (including phenoxy) is 1. The SMILES string of the molecule is CCOC(=O)[C@]1(c2ccc(F)cc2)NCC2C(=O)N(c3ccccc3)C(=O)C21. The second-order valence-electron chi connectivity index (χ2n) is 6.85. The van der Waals surface area contributed by atoms with Crippen molar-refractivity contribution in [1.29, 1.82) is 0 Å². The van der Waals surface area contributed by atoms with E-state index in [4.69, 9.17) is 4.74 Å². The van der Waals surface area contributed by atoms with E-state index < -0.39 is 35.1 Å². The van der Waals surface area contributed by atoms with E-state index in [-0.39, 0.29) is 19.1 Å². The fraction of sp³-hybridized carbons (Fsp3) is 0.286. The predicted octanol–water partition coefficient (Wildman–Crippen LogP) is 1.99. The number of fused-ring (bicyclic) bond motifs is 1. The molecule has 7 heteroatoms. The van der Waals surface area contributed by atoms with Crippen molar-refractivity contribution in [1.82, 2.24) is 5.32 Å². The molecule has 2 saturated heterocycles. The summed E-state index contributed by atoms with van der Waals surface area (Å²) < 4.78 is 18.7. The third-order valence-corrected chi connectivity index (χ3v) is 5.41. The van der Waals surface area contributed by atoms with Crippen LogP contribution in [0, 0.1) is 17.7 Å². The number of nitrogens with zero attached hydrogens (tertiary/aromatic N) is 1. The summed E-state index contributed by atoms with van der Waals surface area (Å²) >= 11 is 0. The maximum Gasteiger partial charge on any atom is 0.331 e. The summed E-state index contributed by atoms with van der Waals surface area (Å²) in [6.07, 6.45) is 0. The number of benzene rings is 2. The Balaban J connectivity index is 1.83. The molecule has 2 aromatic carbocycles. The maximum atomic E-state index is 13.5. The van der Waals surface area contributed by atoms with Crippen LogP contribution < -0.4 is 10.2 Å². The first-order valence-electron chi connectivity index (χ1n) is 9.12. The second-order valence-corrected chi connectivity index (χ2v) is 6.85. The van der Waals surface area contributed by atoms with E-state index in [1.54, 1.807) is 37.3 Å². The van der Waals surface area contributed by atoms with Gasteiger partial charge in [-0.15, -0.1) is 0 Å². The van der Waals surface area contributed by atoms with Crippen LogP contribution in [0.15, 0.2) is 54.6 Å². The van der Waals surface area contributed by atoms with E-state index in [0.29, 0.717) is 11.3 Å². The molecule has 2 amide bonds. The van der Waals surface area contributed by atoms with Crippen LogP contribution in [0.3, 0.4) is 0 Å². The molecule has 0 bridgehead atoms. The monoisotopic (exact) mass is 382 g/mol. The minimum absolute atomic E-state index is 0.116. The number of para-hydroxylation sites is 1. The molecular formula is C21H19FN2O4. The summed E-state index contributed by atoms with van der Waals surface area (Å²) in [5, 5.41) is 3.06. The highest BCUT2D eigenvalue weighted by atomic mass is 19.1. The van der Waals surface area contributed by atoms with Gasteiger partial charge in [-0.2, -0.15) is 0 Å². The maximum absolute atomic E-state index is 13.5. The van der Waals surface area contributed by atoms with Crippen molar-refractivity contribution in [2.75, 3.05) is 18.1 Å². The highest BCUT2D eigenvalue weighted by Crippen LogP contribution is 2.47. The van der Waals surface area contributed by atoms with E-state index in [2.05, 4.69) is 5.32 Å². The average Bonchev–Trinajstić information content (AvgIpc) is 3.21. The molecule has 0 spiro atoms. The smallest absolute Gasteiger partial charge is 0.331 e. The number of amides is 2. The third kappa shape index (κ3) is 2.54. The van der Waals surface area contributed by atoms with E-state index in [9.17, 15) is 18.8 Å². The Morgan fingerprint density at radius 1 is 1.14 bits per heavy atom. The van der Waals surface area contributed by atoms with Crippen LogP contribution in [0.2, 0.25) is 0 Å². The lowest BCUT2D eigenvalue weighted by Gasteiger charge is -2.32. The summed E-state index contributed by atoms with van der Waals surface area (Å²) in [7, 11) is 0. The number of carbonyl (C=O) groups excluding carboxylic acids is 3. The molecule has 0 radical (unpaired) electrons. The molecule has 2 aromatic rings. The van der Waals surface area contributed by atoms with Gasteiger partial charge in [0.1, 0.15) is 5.82 Å². The van der Waals surface area contributed by atoms with Crippen molar-refractivity contribution < 1.29 is 23.5 Å². The third-order valence-electron chi connectivity index (χ3n) is 5.41. The summed E-state index contributed by atoms with van der Waals surface area (Å²) in [6, 6.07) is 14.0. The van der Waals surface area contributed by atoms with E-state index in [1.807, 2.05) is 0 Å². The van der Waals surface area contributed by atoms with Crippen LogP contribution in [-0.4, -0.2) is 30.9 Å². The number of nitrogens with one attached hydrogen (secondary N) is 1. The van der Waals surface area contributed by atoms with Gasteiger partial charge in [0.15, 0.2) is 5.54 Å². The topological polar surface area (TPSA) is 75.7 Å². The van der Waals surface area contributed by atoms with Gasteiger partial charge in [0.05, 0.1) is 24.1 Å². The molecule has 0 saturated carbocycles. The Bertz CT molecular complexity index is 931. The number of rotatable bonds is 4. The first kappa shape index (κ1) is 18.3. The van der Waals surface area contributed by atoms with Crippen LogP contribution in [0.5, 0.6) is 0 Å². The number of imide groups is 1. The number of carbonyl (C=O) groups is 3. The lowest BCUT2D eigenvalue weighted by Crippen LogP contribution is -2.53. The largest absolute Gasteiger partial charge is 0.464 e. The van der Waals surface area contributed by atoms with Crippen molar-refractivity contribution in [3.05, 3.63) is 66.0 Å². The van der Waals surface area contributed by atoms with Gasteiger partial charge in [-0.1, -0.05) is 30.3 Å². The van der Waals surface area contributed by atoms with Crippen LogP contribution in [0.25, 0.3) is 0 Å². The Kier molecular flexibility index (Phi) is 4.47. The molecular weight excluding hydrogens is 363 g/mol.